The van der Waals surface area contributed by atoms with Gasteiger partial charge in [0.15, 0.2) is 0 Å². The van der Waals surface area contributed by atoms with Crippen molar-refractivity contribution in [2.45, 2.75) is 64.7 Å². The van der Waals surface area contributed by atoms with Crippen molar-refractivity contribution in [1.29, 1.82) is 0 Å². The number of nitrogens with one attached hydrogen (secondary N) is 2. The minimum absolute atomic E-state index is 0. The Morgan fingerprint density at radius 3 is 1.60 bits per heavy atom. The van der Waals surface area contributed by atoms with Crippen LogP contribution in [0.15, 0.2) is 48.5 Å². The fraction of sp³-hybridized carbons (Fsp3) is 0.455. The number of benzene rings is 2. The third kappa shape index (κ3) is 6.14. The average Bonchev–Trinajstić information content (AvgIpc) is 2.59. The molecule has 2 unspecified atom stereocenters. The molecule has 0 amide bonds. The number of aryl methyl sites for hydroxylation is 2. The van der Waals surface area contributed by atoms with Gasteiger partial charge in [-0.15, -0.1) is 12.4 Å². The topological polar surface area (TPSA) is 24.1 Å². The maximum atomic E-state index is 3.80. The van der Waals surface area contributed by atoms with E-state index in [4.69, 9.17) is 0 Å². The van der Waals surface area contributed by atoms with Crippen LogP contribution in [0.3, 0.4) is 0 Å². The molecule has 0 saturated heterocycles. The Balaban J connectivity index is 0.00000225. The lowest BCUT2D eigenvalue weighted by Crippen LogP contribution is -2.49. The molecule has 2 aromatic rings. The van der Waals surface area contributed by atoms with Crippen molar-refractivity contribution in [2.75, 3.05) is 0 Å². The van der Waals surface area contributed by atoms with Crippen LogP contribution < -0.4 is 10.6 Å². The highest BCUT2D eigenvalue weighted by Crippen LogP contribution is 2.20. The van der Waals surface area contributed by atoms with Gasteiger partial charge in [0.05, 0.1) is 0 Å². The van der Waals surface area contributed by atoms with Gasteiger partial charge in [0.25, 0.3) is 0 Å². The van der Waals surface area contributed by atoms with Gasteiger partial charge >= 0.3 is 0 Å². The van der Waals surface area contributed by atoms with Gasteiger partial charge in [0.1, 0.15) is 0 Å². The summed E-state index contributed by atoms with van der Waals surface area (Å²) >= 11 is 0. The van der Waals surface area contributed by atoms with Gasteiger partial charge in [-0.2, -0.15) is 0 Å². The van der Waals surface area contributed by atoms with Crippen molar-refractivity contribution < 1.29 is 0 Å². The molecule has 0 bridgehead atoms. The van der Waals surface area contributed by atoms with Crippen LogP contribution in [0.2, 0.25) is 0 Å². The highest BCUT2D eigenvalue weighted by molar-refractivity contribution is 5.85. The zero-order chi connectivity index (χ0) is 16.8. The van der Waals surface area contributed by atoms with Crippen molar-refractivity contribution in [1.82, 2.24) is 10.6 Å². The van der Waals surface area contributed by atoms with Crippen LogP contribution in [0.25, 0.3) is 0 Å². The van der Waals surface area contributed by atoms with E-state index in [0.717, 1.165) is 13.1 Å². The minimum Gasteiger partial charge on any atom is -0.308 e. The van der Waals surface area contributed by atoms with Gasteiger partial charge in [-0.25, -0.2) is 0 Å². The molecular weight excluding hydrogens is 328 g/mol. The summed E-state index contributed by atoms with van der Waals surface area (Å²) in [7, 11) is 0. The van der Waals surface area contributed by atoms with Gasteiger partial charge in [0.2, 0.25) is 0 Å². The van der Waals surface area contributed by atoms with E-state index < -0.39 is 0 Å². The first kappa shape index (κ1) is 20.0. The van der Waals surface area contributed by atoms with Crippen molar-refractivity contribution in [3.63, 3.8) is 0 Å². The van der Waals surface area contributed by atoms with Crippen molar-refractivity contribution in [2.24, 2.45) is 0 Å². The predicted molar refractivity (Wildman–Crippen MR) is 109 cm³/mol. The van der Waals surface area contributed by atoms with E-state index in [1.54, 1.807) is 0 Å². The van der Waals surface area contributed by atoms with Crippen LogP contribution in [-0.2, 0) is 13.1 Å². The summed E-state index contributed by atoms with van der Waals surface area (Å²) in [6.07, 6.45) is 5.23. The lowest BCUT2D eigenvalue weighted by atomic mass is 9.90. The lowest BCUT2D eigenvalue weighted by Gasteiger charge is -2.33. The maximum absolute atomic E-state index is 3.80. The zero-order valence-corrected chi connectivity index (χ0v) is 16.2. The Morgan fingerprint density at radius 1 is 0.760 bits per heavy atom. The van der Waals surface area contributed by atoms with Crippen LogP contribution in [0, 0.1) is 13.8 Å². The Kier molecular flexibility index (Phi) is 7.95. The molecule has 136 valence electrons. The minimum atomic E-state index is 0. The molecule has 0 spiro atoms. The van der Waals surface area contributed by atoms with E-state index in [2.05, 4.69) is 73.0 Å². The van der Waals surface area contributed by atoms with Crippen molar-refractivity contribution in [3.05, 3.63) is 70.8 Å². The van der Waals surface area contributed by atoms with E-state index in [1.807, 2.05) is 0 Å². The highest BCUT2D eigenvalue weighted by Gasteiger charge is 2.24. The van der Waals surface area contributed by atoms with E-state index >= 15 is 0 Å². The molecule has 0 heterocycles. The van der Waals surface area contributed by atoms with E-state index in [-0.39, 0.29) is 12.4 Å². The second kappa shape index (κ2) is 9.96. The Labute approximate surface area is 158 Å². The molecule has 2 N–H and O–H groups in total. The quantitative estimate of drug-likeness (QED) is 0.766. The van der Waals surface area contributed by atoms with Gasteiger partial charge in [-0.3, -0.25) is 0 Å². The summed E-state index contributed by atoms with van der Waals surface area (Å²) in [5.41, 5.74) is 5.45. The van der Waals surface area contributed by atoms with Gasteiger partial charge in [-0.05, 0) is 37.8 Å². The van der Waals surface area contributed by atoms with Crippen LogP contribution in [-0.4, -0.2) is 12.1 Å². The van der Waals surface area contributed by atoms with Crippen LogP contribution in [0.5, 0.6) is 0 Å². The molecule has 2 nitrogen and oxygen atoms in total. The predicted octanol–water partition coefficient (Wildman–Crippen LogP) is 4.92. The lowest BCUT2D eigenvalue weighted by molar-refractivity contribution is 0.281. The number of hydrogen-bond donors (Lipinski definition) is 2. The van der Waals surface area contributed by atoms with Crippen LogP contribution >= 0.6 is 12.4 Å². The maximum Gasteiger partial charge on any atom is 0.0224 e. The highest BCUT2D eigenvalue weighted by atomic mass is 35.5. The zero-order valence-electron chi connectivity index (χ0n) is 15.4. The second-order valence-corrected chi connectivity index (χ2v) is 7.24. The summed E-state index contributed by atoms with van der Waals surface area (Å²) in [6, 6.07) is 18.8. The molecule has 2 aromatic carbocycles. The third-order valence-corrected chi connectivity index (χ3v) is 5.07. The molecule has 2 atom stereocenters. The Hall–Kier alpha value is -1.35. The summed E-state index contributed by atoms with van der Waals surface area (Å²) in [5.74, 6) is 0. The van der Waals surface area contributed by atoms with Crippen LogP contribution in [0.1, 0.15) is 47.9 Å². The van der Waals surface area contributed by atoms with Crippen LogP contribution in [0.4, 0.5) is 0 Å². The average molecular weight is 359 g/mol. The summed E-state index contributed by atoms with van der Waals surface area (Å²) in [6.45, 7) is 6.26. The molecule has 25 heavy (non-hydrogen) atoms. The largest absolute Gasteiger partial charge is 0.308 e. The van der Waals surface area contributed by atoms with Gasteiger partial charge in [-0.1, -0.05) is 72.5 Å². The molecule has 1 fully saturated rings. The number of rotatable bonds is 6. The van der Waals surface area contributed by atoms with Crippen molar-refractivity contribution >= 4 is 12.4 Å². The molecule has 3 heteroatoms. The first-order valence-electron chi connectivity index (χ1n) is 9.28. The summed E-state index contributed by atoms with van der Waals surface area (Å²) < 4.78 is 0. The molecule has 1 saturated carbocycles. The summed E-state index contributed by atoms with van der Waals surface area (Å²) in [5, 5.41) is 7.60. The van der Waals surface area contributed by atoms with Crippen molar-refractivity contribution in [3.8, 4) is 0 Å². The monoisotopic (exact) mass is 358 g/mol. The van der Waals surface area contributed by atoms with E-state index in [9.17, 15) is 0 Å². The summed E-state index contributed by atoms with van der Waals surface area (Å²) in [4.78, 5) is 0. The fourth-order valence-corrected chi connectivity index (χ4v) is 3.76. The molecule has 3 rings (SSSR count). The Morgan fingerprint density at radius 2 is 1.20 bits per heavy atom. The van der Waals surface area contributed by atoms with Gasteiger partial charge < -0.3 is 10.6 Å². The normalized spacial score (nSPS) is 20.1. The second-order valence-electron chi connectivity index (χ2n) is 7.24. The number of halogens is 1. The fourth-order valence-electron chi connectivity index (χ4n) is 3.76. The molecule has 0 aliphatic heterocycles. The SMILES string of the molecule is Cc1cccc(CNC2CCCCC2NCc2cccc(C)c2)c1.Cl. The van der Waals surface area contributed by atoms with Gasteiger partial charge in [0, 0.05) is 25.2 Å². The number of hydrogen-bond acceptors (Lipinski definition) is 2. The van der Waals surface area contributed by atoms with E-state index in [1.165, 1.54) is 47.9 Å². The molecule has 0 aromatic heterocycles. The smallest absolute Gasteiger partial charge is 0.0224 e. The molecule has 0 radical (unpaired) electrons. The standard InChI is InChI=1S/C22H30N2.ClH/c1-17-7-5-9-19(13-17)15-23-21-11-3-4-12-22(21)24-16-20-10-6-8-18(2)14-20;/h5-10,13-14,21-24H,3-4,11-12,15-16H2,1-2H3;1H. The first-order valence-corrected chi connectivity index (χ1v) is 9.28. The molecule has 1 aliphatic rings. The molecular formula is C22H31ClN2. The first-order chi connectivity index (χ1) is 11.7. The van der Waals surface area contributed by atoms with E-state index in [0.29, 0.717) is 12.1 Å². The third-order valence-electron chi connectivity index (χ3n) is 5.07. The molecule has 1 aliphatic carbocycles. The Bertz CT molecular complexity index is 598.